The highest BCUT2D eigenvalue weighted by Crippen LogP contribution is 2.43. The SMILES string of the molecule is FC(F)(F)c1cccc(C(F)(F)F)c1-c1cc[c]nn1. The van der Waals surface area contributed by atoms with Gasteiger partial charge in [0.1, 0.15) is 6.20 Å². The van der Waals surface area contributed by atoms with E-state index in [1.807, 2.05) is 0 Å². The molecule has 0 unspecified atom stereocenters. The Hall–Kier alpha value is -2.12. The van der Waals surface area contributed by atoms with Gasteiger partial charge in [0, 0.05) is 5.56 Å². The molecule has 2 nitrogen and oxygen atoms in total. The lowest BCUT2D eigenvalue weighted by Gasteiger charge is -2.17. The maximum absolute atomic E-state index is 12.9. The van der Waals surface area contributed by atoms with Crippen molar-refractivity contribution in [2.45, 2.75) is 12.4 Å². The predicted molar refractivity (Wildman–Crippen MR) is 56.3 cm³/mol. The summed E-state index contributed by atoms with van der Waals surface area (Å²) in [7, 11) is 0. The Labute approximate surface area is 109 Å². The number of nitrogens with zero attached hydrogens (tertiary/aromatic N) is 2. The molecule has 0 spiro atoms. The highest BCUT2D eigenvalue weighted by molar-refractivity contribution is 5.69. The van der Waals surface area contributed by atoms with Gasteiger partial charge in [-0.3, -0.25) is 0 Å². The molecule has 8 heteroatoms. The second-order valence-electron chi connectivity index (χ2n) is 3.77. The first-order valence-electron chi connectivity index (χ1n) is 5.19. The van der Waals surface area contributed by atoms with E-state index >= 15 is 0 Å². The molecular weight excluding hydrogens is 286 g/mol. The van der Waals surface area contributed by atoms with Crippen LogP contribution >= 0.6 is 0 Å². The Kier molecular flexibility index (Phi) is 3.41. The molecule has 1 heterocycles. The van der Waals surface area contributed by atoms with Crippen LogP contribution in [0.4, 0.5) is 26.3 Å². The number of halogens is 6. The molecule has 0 aliphatic carbocycles. The second kappa shape index (κ2) is 4.77. The third-order valence-corrected chi connectivity index (χ3v) is 2.46. The van der Waals surface area contributed by atoms with E-state index in [9.17, 15) is 26.3 Å². The van der Waals surface area contributed by atoms with Gasteiger partial charge in [-0.1, -0.05) is 6.07 Å². The fourth-order valence-corrected chi connectivity index (χ4v) is 1.70. The lowest BCUT2D eigenvalue weighted by molar-refractivity contribution is -0.142. The highest BCUT2D eigenvalue weighted by atomic mass is 19.4. The molecular formula is C12H5F6N2. The molecule has 0 amide bonds. The summed E-state index contributed by atoms with van der Waals surface area (Å²) in [4.78, 5) is 0. The van der Waals surface area contributed by atoms with Crippen LogP contribution in [0.1, 0.15) is 11.1 Å². The number of alkyl halides is 6. The fraction of sp³-hybridized carbons (Fsp3) is 0.167. The number of rotatable bonds is 1. The molecule has 0 N–H and O–H groups in total. The molecule has 1 radical (unpaired) electrons. The van der Waals surface area contributed by atoms with Crippen molar-refractivity contribution in [3.05, 3.63) is 47.7 Å². The Morgan fingerprint density at radius 3 is 1.80 bits per heavy atom. The highest BCUT2D eigenvalue weighted by Gasteiger charge is 2.41. The first kappa shape index (κ1) is 14.3. The zero-order valence-electron chi connectivity index (χ0n) is 9.55. The molecule has 1 aromatic heterocycles. The third-order valence-electron chi connectivity index (χ3n) is 2.46. The van der Waals surface area contributed by atoms with Crippen LogP contribution in [-0.4, -0.2) is 10.2 Å². The minimum absolute atomic E-state index is 0.510. The fourth-order valence-electron chi connectivity index (χ4n) is 1.70. The monoisotopic (exact) mass is 291 g/mol. The summed E-state index contributed by atoms with van der Waals surface area (Å²) >= 11 is 0. The molecule has 0 fully saturated rings. The molecule has 0 atom stereocenters. The van der Waals surface area contributed by atoms with Crippen molar-refractivity contribution >= 4 is 0 Å². The van der Waals surface area contributed by atoms with Gasteiger partial charge in [-0.25, -0.2) is 0 Å². The zero-order chi connectivity index (χ0) is 15.0. The van der Waals surface area contributed by atoms with E-state index < -0.39 is 34.7 Å². The molecule has 1 aromatic carbocycles. The quantitative estimate of drug-likeness (QED) is 0.743. The summed E-state index contributed by atoms with van der Waals surface area (Å²) in [6.45, 7) is 0. The van der Waals surface area contributed by atoms with E-state index in [2.05, 4.69) is 16.4 Å². The second-order valence-corrected chi connectivity index (χ2v) is 3.77. The van der Waals surface area contributed by atoms with Crippen LogP contribution in [-0.2, 0) is 12.4 Å². The lowest BCUT2D eigenvalue weighted by atomic mass is 9.97. The number of benzene rings is 1. The lowest BCUT2D eigenvalue weighted by Crippen LogP contribution is -2.14. The first-order valence-corrected chi connectivity index (χ1v) is 5.19. The molecule has 2 aromatic rings. The van der Waals surface area contributed by atoms with E-state index in [1.54, 1.807) is 0 Å². The van der Waals surface area contributed by atoms with Crippen LogP contribution in [0.25, 0.3) is 11.3 Å². The first-order chi connectivity index (χ1) is 9.21. The van der Waals surface area contributed by atoms with Gasteiger partial charge < -0.3 is 0 Å². The third kappa shape index (κ3) is 2.73. The molecule has 20 heavy (non-hydrogen) atoms. The van der Waals surface area contributed by atoms with Crippen molar-refractivity contribution in [1.82, 2.24) is 10.2 Å². The molecule has 105 valence electrons. The molecule has 0 saturated carbocycles. The molecule has 0 aliphatic heterocycles. The molecule has 0 aliphatic rings. The predicted octanol–water partition coefficient (Wildman–Crippen LogP) is 3.98. The summed E-state index contributed by atoms with van der Waals surface area (Å²) in [5.41, 5.74) is -4.36. The van der Waals surface area contributed by atoms with Crippen LogP contribution < -0.4 is 0 Å². The maximum Gasteiger partial charge on any atom is 0.417 e. The Morgan fingerprint density at radius 1 is 0.850 bits per heavy atom. The van der Waals surface area contributed by atoms with Crippen LogP contribution in [0.15, 0.2) is 30.3 Å². The minimum Gasteiger partial charge on any atom is -0.166 e. The average molecular weight is 291 g/mol. The van der Waals surface area contributed by atoms with E-state index in [0.29, 0.717) is 18.2 Å². The summed E-state index contributed by atoms with van der Waals surface area (Å²) in [5.74, 6) is 0. The summed E-state index contributed by atoms with van der Waals surface area (Å²) in [6, 6.07) is 3.94. The van der Waals surface area contributed by atoms with Crippen molar-refractivity contribution in [2.75, 3.05) is 0 Å². The summed E-state index contributed by atoms with van der Waals surface area (Å²) in [6.07, 6.45) is -7.67. The van der Waals surface area contributed by atoms with Crippen LogP contribution in [0.3, 0.4) is 0 Å². The minimum atomic E-state index is -4.93. The van der Waals surface area contributed by atoms with Gasteiger partial charge in [0.15, 0.2) is 0 Å². The smallest absolute Gasteiger partial charge is 0.166 e. The van der Waals surface area contributed by atoms with Crippen molar-refractivity contribution in [3.63, 3.8) is 0 Å². The van der Waals surface area contributed by atoms with E-state index in [1.165, 1.54) is 0 Å². The van der Waals surface area contributed by atoms with Crippen molar-refractivity contribution in [2.24, 2.45) is 0 Å². The number of aromatic nitrogens is 2. The Bertz CT molecular complexity index is 571. The Morgan fingerprint density at radius 2 is 1.40 bits per heavy atom. The number of hydrogen-bond donors (Lipinski definition) is 0. The topological polar surface area (TPSA) is 25.8 Å². The van der Waals surface area contributed by atoms with Gasteiger partial charge >= 0.3 is 12.4 Å². The van der Waals surface area contributed by atoms with Crippen LogP contribution in [0, 0.1) is 6.20 Å². The van der Waals surface area contributed by atoms with Crippen molar-refractivity contribution in [3.8, 4) is 11.3 Å². The maximum atomic E-state index is 12.9. The zero-order valence-corrected chi connectivity index (χ0v) is 9.55. The summed E-state index contributed by atoms with van der Waals surface area (Å²) in [5, 5.41) is 6.49. The van der Waals surface area contributed by atoms with E-state index in [4.69, 9.17) is 0 Å². The van der Waals surface area contributed by atoms with Crippen LogP contribution in [0.2, 0.25) is 0 Å². The summed E-state index contributed by atoms with van der Waals surface area (Å²) < 4.78 is 77.3. The van der Waals surface area contributed by atoms with Gasteiger partial charge in [0.05, 0.1) is 16.8 Å². The van der Waals surface area contributed by atoms with E-state index in [0.717, 1.165) is 12.1 Å². The van der Waals surface area contributed by atoms with Crippen molar-refractivity contribution < 1.29 is 26.3 Å². The Balaban J connectivity index is 2.80. The molecule has 0 bridgehead atoms. The normalized spacial score (nSPS) is 12.5. The van der Waals surface area contributed by atoms with Gasteiger partial charge in [-0.15, -0.1) is 10.2 Å². The van der Waals surface area contributed by atoms with E-state index in [-0.39, 0.29) is 0 Å². The van der Waals surface area contributed by atoms with Crippen molar-refractivity contribution in [1.29, 1.82) is 0 Å². The standard InChI is InChI=1S/C12H5F6N2/c13-11(14,15)7-3-1-4-8(12(16,17)18)10(7)9-5-2-6-19-20-9/h1-5H. The van der Waals surface area contributed by atoms with Gasteiger partial charge in [0.2, 0.25) is 0 Å². The number of hydrogen-bond acceptors (Lipinski definition) is 2. The van der Waals surface area contributed by atoms with Gasteiger partial charge in [-0.2, -0.15) is 26.3 Å². The van der Waals surface area contributed by atoms with Crippen LogP contribution in [0.5, 0.6) is 0 Å². The molecule has 0 saturated heterocycles. The molecule has 2 rings (SSSR count). The average Bonchev–Trinajstić information content (AvgIpc) is 2.37. The van der Waals surface area contributed by atoms with Gasteiger partial charge in [0.25, 0.3) is 0 Å². The van der Waals surface area contributed by atoms with Gasteiger partial charge in [-0.05, 0) is 24.3 Å². The largest absolute Gasteiger partial charge is 0.417 e.